The molecule has 0 saturated carbocycles. The van der Waals surface area contributed by atoms with Crippen LogP contribution in [0.2, 0.25) is 0 Å². The maximum Gasteiger partial charge on any atom is 0.194 e. The Morgan fingerprint density at radius 2 is 1.90 bits per heavy atom. The molecule has 1 aliphatic carbocycles. The first-order chi connectivity index (χ1) is 9.56. The lowest BCUT2D eigenvalue weighted by Crippen LogP contribution is -2.05. The summed E-state index contributed by atoms with van der Waals surface area (Å²) in [6, 6.07) is 8.40. The van der Waals surface area contributed by atoms with Crippen molar-refractivity contribution in [1.29, 1.82) is 0 Å². The van der Waals surface area contributed by atoms with Gasteiger partial charge in [-0.15, -0.1) is 0 Å². The van der Waals surface area contributed by atoms with Gasteiger partial charge in [0.05, 0.1) is 5.69 Å². The molecule has 0 bridgehead atoms. The summed E-state index contributed by atoms with van der Waals surface area (Å²) in [4.78, 5) is 12.5. The molecule has 20 heavy (non-hydrogen) atoms. The third-order valence-corrected chi connectivity index (χ3v) is 4.35. The molecule has 2 N–H and O–H groups in total. The van der Waals surface area contributed by atoms with Crippen molar-refractivity contribution in [2.24, 2.45) is 0 Å². The number of carbonyl (C=O) groups is 1. The SMILES string of the molecule is Nc1cc(C(=O)c2ccc3c(c2)CCC3)c(Br)cc1F. The summed E-state index contributed by atoms with van der Waals surface area (Å²) in [5.41, 5.74) is 9.10. The van der Waals surface area contributed by atoms with Crippen molar-refractivity contribution in [3.8, 4) is 0 Å². The quantitative estimate of drug-likeness (QED) is 0.669. The highest BCUT2D eigenvalue weighted by Crippen LogP contribution is 2.28. The maximum absolute atomic E-state index is 13.3. The minimum Gasteiger partial charge on any atom is -0.396 e. The first-order valence-corrected chi connectivity index (χ1v) is 7.26. The van der Waals surface area contributed by atoms with E-state index in [-0.39, 0.29) is 11.5 Å². The van der Waals surface area contributed by atoms with Gasteiger partial charge in [-0.3, -0.25) is 4.79 Å². The van der Waals surface area contributed by atoms with Crippen molar-refractivity contribution in [1.82, 2.24) is 0 Å². The van der Waals surface area contributed by atoms with Crippen molar-refractivity contribution in [3.63, 3.8) is 0 Å². The Balaban J connectivity index is 2.03. The van der Waals surface area contributed by atoms with Crippen LogP contribution in [0.15, 0.2) is 34.8 Å². The third-order valence-electron chi connectivity index (χ3n) is 3.69. The summed E-state index contributed by atoms with van der Waals surface area (Å²) in [6.07, 6.45) is 3.24. The Hall–Kier alpha value is -1.68. The zero-order chi connectivity index (χ0) is 14.3. The predicted octanol–water partition coefficient (Wildman–Crippen LogP) is 3.89. The molecule has 4 heteroatoms. The second kappa shape index (κ2) is 5.02. The van der Waals surface area contributed by atoms with Crippen molar-refractivity contribution < 1.29 is 9.18 Å². The third kappa shape index (κ3) is 2.24. The van der Waals surface area contributed by atoms with E-state index < -0.39 is 5.82 Å². The van der Waals surface area contributed by atoms with E-state index in [9.17, 15) is 9.18 Å². The van der Waals surface area contributed by atoms with Gasteiger partial charge in [0, 0.05) is 15.6 Å². The molecule has 0 spiro atoms. The van der Waals surface area contributed by atoms with Crippen LogP contribution in [0, 0.1) is 5.82 Å². The van der Waals surface area contributed by atoms with E-state index in [0.717, 1.165) is 19.3 Å². The fourth-order valence-corrected chi connectivity index (χ4v) is 3.10. The second-order valence-electron chi connectivity index (χ2n) is 5.02. The number of nitrogen functional groups attached to an aromatic ring is 1. The number of aryl methyl sites for hydroxylation is 2. The van der Waals surface area contributed by atoms with Gasteiger partial charge in [0.15, 0.2) is 5.78 Å². The van der Waals surface area contributed by atoms with Gasteiger partial charge in [0.1, 0.15) is 5.82 Å². The van der Waals surface area contributed by atoms with Crippen molar-refractivity contribution >= 4 is 27.4 Å². The first-order valence-electron chi connectivity index (χ1n) is 6.47. The number of rotatable bonds is 2. The highest BCUT2D eigenvalue weighted by Gasteiger charge is 2.18. The smallest absolute Gasteiger partial charge is 0.194 e. The fraction of sp³-hybridized carbons (Fsp3) is 0.188. The number of nitrogens with two attached hydrogens (primary N) is 1. The number of fused-ring (bicyclic) bond motifs is 1. The summed E-state index contributed by atoms with van der Waals surface area (Å²) in [6.45, 7) is 0. The Kier molecular flexibility index (Phi) is 3.34. The monoisotopic (exact) mass is 333 g/mol. The molecule has 3 rings (SSSR count). The number of ketones is 1. The van der Waals surface area contributed by atoms with Gasteiger partial charge in [0.2, 0.25) is 0 Å². The van der Waals surface area contributed by atoms with Crippen molar-refractivity contribution in [2.45, 2.75) is 19.3 Å². The van der Waals surface area contributed by atoms with E-state index in [1.807, 2.05) is 18.2 Å². The highest BCUT2D eigenvalue weighted by atomic mass is 79.9. The number of hydrogen-bond acceptors (Lipinski definition) is 2. The maximum atomic E-state index is 13.3. The van der Waals surface area contributed by atoms with Crippen LogP contribution in [-0.2, 0) is 12.8 Å². The molecule has 102 valence electrons. The van der Waals surface area contributed by atoms with E-state index in [1.54, 1.807) is 0 Å². The predicted molar refractivity (Wildman–Crippen MR) is 80.4 cm³/mol. The molecular weight excluding hydrogens is 321 g/mol. The lowest BCUT2D eigenvalue weighted by atomic mass is 9.99. The molecular formula is C16H13BrFNO. The molecule has 0 aromatic heterocycles. The van der Waals surface area contributed by atoms with Crippen LogP contribution < -0.4 is 5.73 Å². The number of benzene rings is 2. The molecule has 0 radical (unpaired) electrons. The molecule has 2 aromatic rings. The second-order valence-corrected chi connectivity index (χ2v) is 5.87. The Labute approximate surface area is 124 Å². The largest absolute Gasteiger partial charge is 0.396 e. The molecule has 1 aliphatic rings. The summed E-state index contributed by atoms with van der Waals surface area (Å²) in [5, 5.41) is 0. The number of hydrogen-bond donors (Lipinski definition) is 1. The molecule has 0 aliphatic heterocycles. The van der Waals surface area contributed by atoms with Gasteiger partial charge in [-0.05, 0) is 64.5 Å². The van der Waals surface area contributed by atoms with E-state index in [0.29, 0.717) is 15.6 Å². The van der Waals surface area contributed by atoms with Gasteiger partial charge < -0.3 is 5.73 Å². The number of halogens is 2. The summed E-state index contributed by atoms with van der Waals surface area (Å²) in [5.74, 6) is -0.666. The Morgan fingerprint density at radius 1 is 1.15 bits per heavy atom. The van der Waals surface area contributed by atoms with Gasteiger partial charge >= 0.3 is 0 Å². The van der Waals surface area contributed by atoms with E-state index in [2.05, 4.69) is 15.9 Å². The number of anilines is 1. The Morgan fingerprint density at radius 3 is 2.70 bits per heavy atom. The molecule has 0 fully saturated rings. The van der Waals surface area contributed by atoms with Crippen LogP contribution in [0.25, 0.3) is 0 Å². The standard InChI is InChI=1S/C16H13BrFNO/c17-13-8-14(18)15(19)7-12(13)16(20)11-5-4-9-2-1-3-10(9)6-11/h4-8H,1-3,19H2. The van der Waals surface area contributed by atoms with E-state index in [1.165, 1.54) is 23.3 Å². The average Bonchev–Trinajstić information content (AvgIpc) is 2.89. The topological polar surface area (TPSA) is 43.1 Å². The van der Waals surface area contributed by atoms with Gasteiger partial charge in [-0.25, -0.2) is 4.39 Å². The molecule has 0 unspecified atom stereocenters. The molecule has 0 amide bonds. The molecule has 0 saturated heterocycles. The lowest BCUT2D eigenvalue weighted by molar-refractivity contribution is 0.103. The molecule has 0 atom stereocenters. The Bertz CT molecular complexity index is 712. The van der Waals surface area contributed by atoms with Crippen molar-refractivity contribution in [2.75, 3.05) is 5.73 Å². The fourth-order valence-electron chi connectivity index (χ4n) is 2.61. The average molecular weight is 334 g/mol. The van der Waals surface area contributed by atoms with Crippen LogP contribution in [0.1, 0.15) is 33.5 Å². The molecule has 2 nitrogen and oxygen atoms in total. The zero-order valence-electron chi connectivity index (χ0n) is 10.7. The summed E-state index contributed by atoms with van der Waals surface area (Å²) in [7, 11) is 0. The lowest BCUT2D eigenvalue weighted by Gasteiger charge is -2.08. The van der Waals surface area contributed by atoms with Gasteiger partial charge in [-0.2, -0.15) is 0 Å². The van der Waals surface area contributed by atoms with Crippen LogP contribution in [0.3, 0.4) is 0 Å². The van der Waals surface area contributed by atoms with Gasteiger partial charge in [0.25, 0.3) is 0 Å². The van der Waals surface area contributed by atoms with E-state index >= 15 is 0 Å². The highest BCUT2D eigenvalue weighted by molar-refractivity contribution is 9.10. The minimum absolute atomic E-state index is 0.0160. The van der Waals surface area contributed by atoms with Crippen LogP contribution >= 0.6 is 15.9 Å². The zero-order valence-corrected chi connectivity index (χ0v) is 12.3. The summed E-state index contributed by atoms with van der Waals surface area (Å²) < 4.78 is 13.8. The first kappa shape index (κ1) is 13.3. The van der Waals surface area contributed by atoms with Gasteiger partial charge in [-0.1, -0.05) is 12.1 Å². The van der Waals surface area contributed by atoms with E-state index in [4.69, 9.17) is 5.73 Å². The van der Waals surface area contributed by atoms with Crippen molar-refractivity contribution in [3.05, 3.63) is 62.9 Å². The normalized spacial score (nSPS) is 13.3. The minimum atomic E-state index is -0.526. The van der Waals surface area contributed by atoms with Crippen LogP contribution in [-0.4, -0.2) is 5.78 Å². The molecule has 2 aromatic carbocycles. The van der Waals surface area contributed by atoms with Crippen LogP contribution in [0.4, 0.5) is 10.1 Å². The van der Waals surface area contributed by atoms with Crippen LogP contribution in [0.5, 0.6) is 0 Å². The molecule has 0 heterocycles. The summed E-state index contributed by atoms with van der Waals surface area (Å²) >= 11 is 3.23. The number of carbonyl (C=O) groups excluding carboxylic acids is 1.